The molecule has 2 aromatic heterocycles. The second kappa shape index (κ2) is 14.4. The molecule has 1 saturated heterocycles. The van der Waals surface area contributed by atoms with Crippen LogP contribution in [0.5, 0.6) is 17.2 Å². The van der Waals surface area contributed by atoms with Gasteiger partial charge in [0.2, 0.25) is 5.91 Å². The van der Waals surface area contributed by atoms with Crippen LogP contribution in [0.15, 0.2) is 110 Å². The minimum Gasteiger partial charge on any atom is -0.508 e. The molecule has 7 rings (SSSR count). The monoisotopic (exact) mass is 670 g/mol. The number of phenols is 1. The maximum Gasteiger partial charge on any atom is 0.217 e. The van der Waals surface area contributed by atoms with Gasteiger partial charge in [-0.3, -0.25) is 4.79 Å². The molecule has 1 amide bonds. The largest absolute Gasteiger partial charge is 0.508 e. The van der Waals surface area contributed by atoms with Crippen molar-refractivity contribution in [2.45, 2.75) is 44.9 Å². The fourth-order valence-electron chi connectivity index (χ4n) is 7.01. The van der Waals surface area contributed by atoms with Crippen LogP contribution < -0.4 is 20.3 Å². The summed E-state index contributed by atoms with van der Waals surface area (Å²) in [5.74, 6) is 0.836. The number of imidazole rings is 1. The number of phenolic OH excluding ortho intramolecular Hbond substituents is 1. The van der Waals surface area contributed by atoms with Crippen LogP contribution in [-0.2, 0) is 17.8 Å². The quantitative estimate of drug-likeness (QED) is 0.117. The number of hydrogen-bond donors (Lipinski definition) is 4. The van der Waals surface area contributed by atoms with E-state index in [9.17, 15) is 15.0 Å². The van der Waals surface area contributed by atoms with Crippen molar-refractivity contribution in [2.24, 2.45) is 5.73 Å². The summed E-state index contributed by atoms with van der Waals surface area (Å²) in [6.45, 7) is 4.60. The van der Waals surface area contributed by atoms with Crippen LogP contribution in [0.4, 0.5) is 11.4 Å². The number of primary amides is 1. The third-order valence-corrected chi connectivity index (χ3v) is 9.34. The second-order valence-corrected chi connectivity index (χ2v) is 13.0. The number of aromatic amines is 1. The second-order valence-electron chi connectivity index (χ2n) is 13.0. The van der Waals surface area contributed by atoms with Crippen molar-refractivity contribution in [3.63, 3.8) is 0 Å². The Morgan fingerprint density at radius 3 is 2.64 bits per heavy atom. The lowest BCUT2D eigenvalue weighted by molar-refractivity contribution is -0.118. The van der Waals surface area contributed by atoms with Crippen molar-refractivity contribution >= 4 is 28.2 Å². The maximum atomic E-state index is 11.8. The molecule has 1 fully saturated rings. The number of aliphatic hydroxyl groups is 1. The van der Waals surface area contributed by atoms with E-state index in [2.05, 4.69) is 49.7 Å². The number of hydrogen-bond acceptors (Lipinski definition) is 7. The minimum absolute atomic E-state index is 0.00103. The van der Waals surface area contributed by atoms with Gasteiger partial charge in [-0.2, -0.15) is 0 Å². The summed E-state index contributed by atoms with van der Waals surface area (Å²) in [6, 6.07) is 31.5. The SMILES string of the molecule is CC(O)Cc1c(-c2cccc(Oc3cc(O)cc(N4CCN(c5ccccc5)CC4CCC(N)=O)c3)c2)ncn1Cc1cccc2[nH]ccc12. The summed E-state index contributed by atoms with van der Waals surface area (Å²) >= 11 is 0. The molecule has 0 spiro atoms. The first-order valence-corrected chi connectivity index (χ1v) is 17.0. The topological polar surface area (TPSA) is 133 Å². The van der Waals surface area contributed by atoms with Gasteiger partial charge < -0.3 is 40.0 Å². The molecule has 1 aliphatic rings. The lowest BCUT2D eigenvalue weighted by Crippen LogP contribution is -2.53. The van der Waals surface area contributed by atoms with Gasteiger partial charge >= 0.3 is 0 Å². The number of nitrogens with zero attached hydrogens (tertiary/aromatic N) is 4. The Morgan fingerprint density at radius 1 is 0.980 bits per heavy atom. The summed E-state index contributed by atoms with van der Waals surface area (Å²) < 4.78 is 8.48. The molecule has 256 valence electrons. The first-order valence-electron chi connectivity index (χ1n) is 17.0. The number of amides is 1. The predicted octanol–water partition coefficient (Wildman–Crippen LogP) is 6.46. The lowest BCUT2D eigenvalue weighted by Gasteiger charge is -2.44. The Labute approximate surface area is 291 Å². The number of aromatic hydroxyl groups is 1. The van der Waals surface area contributed by atoms with Crippen molar-refractivity contribution in [3.8, 4) is 28.5 Å². The highest BCUT2D eigenvalue weighted by molar-refractivity contribution is 5.83. The molecular weight excluding hydrogens is 628 g/mol. The number of H-pyrrole nitrogens is 1. The van der Waals surface area contributed by atoms with Gasteiger partial charge in [-0.05, 0) is 55.3 Å². The lowest BCUT2D eigenvalue weighted by atomic mass is 10.0. The molecule has 0 saturated carbocycles. The smallest absolute Gasteiger partial charge is 0.217 e. The van der Waals surface area contributed by atoms with E-state index in [1.54, 1.807) is 19.1 Å². The number of carbonyl (C=O) groups excluding carboxylic acids is 1. The average Bonchev–Trinajstić information content (AvgIpc) is 3.75. The van der Waals surface area contributed by atoms with Crippen LogP contribution in [0.1, 0.15) is 31.0 Å². The zero-order valence-corrected chi connectivity index (χ0v) is 28.1. The highest BCUT2D eigenvalue weighted by Crippen LogP contribution is 2.36. The van der Waals surface area contributed by atoms with E-state index in [1.807, 2.05) is 67.1 Å². The number of aromatic nitrogens is 3. The molecule has 0 radical (unpaired) electrons. The van der Waals surface area contributed by atoms with Gasteiger partial charge in [-0.25, -0.2) is 4.98 Å². The standard InChI is InChI=1S/C40H42N6O4/c1-27(47)19-38-40(43-26-45(38)24-29-8-6-12-37-36(29)15-16-42-37)28-7-5-11-34(20-28)50-35-22-32(21-33(48)23-35)46-18-17-44(30-9-3-2-4-10-30)25-31(46)13-14-39(41)49/h2-12,15-16,20-23,26-27,31,42,47-48H,13-14,17-19,24-25H2,1H3,(H2,41,49). The zero-order valence-electron chi connectivity index (χ0n) is 28.1. The fraction of sp³-hybridized carbons (Fsp3) is 0.250. The van der Waals surface area contributed by atoms with E-state index >= 15 is 0 Å². The normalized spacial score (nSPS) is 15.4. The van der Waals surface area contributed by atoms with Gasteiger partial charge in [-0.15, -0.1) is 0 Å². The average molecular weight is 671 g/mol. The number of anilines is 2. The predicted molar refractivity (Wildman–Crippen MR) is 197 cm³/mol. The van der Waals surface area contributed by atoms with Crippen molar-refractivity contribution in [1.29, 1.82) is 0 Å². The number of nitrogens with two attached hydrogens (primary N) is 1. The van der Waals surface area contributed by atoms with E-state index in [4.69, 9.17) is 15.5 Å². The number of benzene rings is 4. The first kappa shape index (κ1) is 32.8. The molecule has 4 aromatic carbocycles. The van der Waals surface area contributed by atoms with Crippen LogP contribution in [-0.4, -0.2) is 62.4 Å². The molecule has 0 bridgehead atoms. The van der Waals surface area contributed by atoms with Crippen LogP contribution in [0.3, 0.4) is 0 Å². The highest BCUT2D eigenvalue weighted by atomic mass is 16.5. The van der Waals surface area contributed by atoms with Gasteiger partial charge in [0.15, 0.2) is 0 Å². The van der Waals surface area contributed by atoms with Crippen LogP contribution >= 0.6 is 0 Å². The Bertz CT molecular complexity index is 2090. The molecule has 5 N–H and O–H groups in total. The number of ether oxygens (including phenoxy) is 1. The molecule has 10 heteroatoms. The van der Waals surface area contributed by atoms with Gasteiger partial charge in [0.25, 0.3) is 0 Å². The van der Waals surface area contributed by atoms with Gasteiger partial charge in [0.1, 0.15) is 17.2 Å². The summed E-state index contributed by atoms with van der Waals surface area (Å²) in [5, 5.41) is 22.5. The van der Waals surface area contributed by atoms with Crippen molar-refractivity contribution in [3.05, 3.63) is 121 Å². The van der Waals surface area contributed by atoms with Crippen molar-refractivity contribution < 1.29 is 19.7 Å². The molecular formula is C40H42N6O4. The third kappa shape index (κ3) is 7.30. The molecule has 10 nitrogen and oxygen atoms in total. The Balaban J connectivity index is 1.14. The molecule has 3 heterocycles. The summed E-state index contributed by atoms with van der Waals surface area (Å²) in [7, 11) is 0. The van der Waals surface area contributed by atoms with Crippen LogP contribution in [0.25, 0.3) is 22.2 Å². The van der Waals surface area contributed by atoms with Crippen molar-refractivity contribution in [2.75, 3.05) is 29.4 Å². The summed E-state index contributed by atoms with van der Waals surface area (Å²) in [6.07, 6.45) is 4.52. The molecule has 2 atom stereocenters. The molecule has 6 aromatic rings. The van der Waals surface area contributed by atoms with E-state index in [1.165, 1.54) is 0 Å². The minimum atomic E-state index is -0.557. The molecule has 50 heavy (non-hydrogen) atoms. The highest BCUT2D eigenvalue weighted by Gasteiger charge is 2.28. The third-order valence-electron chi connectivity index (χ3n) is 9.34. The number of aliphatic hydroxyl groups excluding tert-OH is 1. The summed E-state index contributed by atoms with van der Waals surface area (Å²) in [4.78, 5) is 24.4. The molecule has 1 aliphatic heterocycles. The first-order chi connectivity index (χ1) is 24.3. The van der Waals surface area contributed by atoms with Crippen LogP contribution in [0, 0.1) is 0 Å². The zero-order chi connectivity index (χ0) is 34.6. The van der Waals surface area contributed by atoms with E-state index in [0.717, 1.165) is 51.3 Å². The Hall–Kier alpha value is -5.74. The number of rotatable bonds is 12. The number of nitrogens with one attached hydrogen (secondary N) is 1. The number of fused-ring (bicyclic) bond motifs is 1. The number of para-hydroxylation sites is 1. The molecule has 0 aliphatic carbocycles. The summed E-state index contributed by atoms with van der Waals surface area (Å²) in [5.41, 5.74) is 12.3. The van der Waals surface area contributed by atoms with E-state index in [-0.39, 0.29) is 24.1 Å². The Kier molecular flexibility index (Phi) is 9.44. The van der Waals surface area contributed by atoms with Gasteiger partial charge in [0, 0.05) is 103 Å². The van der Waals surface area contributed by atoms with Crippen molar-refractivity contribution in [1.82, 2.24) is 14.5 Å². The van der Waals surface area contributed by atoms with Crippen LogP contribution in [0.2, 0.25) is 0 Å². The molecule has 2 unspecified atom stereocenters. The number of piperazine rings is 1. The van der Waals surface area contributed by atoms with Gasteiger partial charge in [0.05, 0.1) is 18.1 Å². The number of carbonyl (C=O) groups is 1. The van der Waals surface area contributed by atoms with Gasteiger partial charge in [-0.1, -0.05) is 42.5 Å². The van der Waals surface area contributed by atoms with E-state index in [0.29, 0.717) is 44.0 Å². The van der Waals surface area contributed by atoms with E-state index < -0.39 is 6.10 Å². The Morgan fingerprint density at radius 2 is 1.82 bits per heavy atom. The fourth-order valence-corrected chi connectivity index (χ4v) is 7.01. The maximum absolute atomic E-state index is 11.8.